The molecule has 0 amide bonds. The Morgan fingerprint density at radius 2 is 1.67 bits per heavy atom. The van der Waals surface area contributed by atoms with Gasteiger partial charge in [-0.2, -0.15) is 26.3 Å². The fraction of sp³-hybridized carbons (Fsp3) is 0.588. The van der Waals surface area contributed by atoms with Crippen LogP contribution in [0.15, 0.2) is 18.2 Å². The van der Waals surface area contributed by atoms with Gasteiger partial charge in [0, 0.05) is 4.43 Å². The van der Waals surface area contributed by atoms with Gasteiger partial charge < -0.3 is 9.47 Å². The van der Waals surface area contributed by atoms with Crippen molar-refractivity contribution in [1.82, 2.24) is 0 Å². The Morgan fingerprint density at radius 3 is 2.07 bits per heavy atom. The van der Waals surface area contributed by atoms with Gasteiger partial charge in [-0.05, 0) is 43.5 Å². The van der Waals surface area contributed by atoms with Gasteiger partial charge in [0.15, 0.2) is 0 Å². The van der Waals surface area contributed by atoms with Crippen molar-refractivity contribution < 1.29 is 40.6 Å². The maximum Gasteiger partial charge on any atom is 0.416 e. The standard InChI is InChI=1S/C17H15F6IO3/c1-2-26-13(25)15-6-14(7-15,8-24)27-12(15)9-3-10(16(18,19)20)5-11(4-9)17(21,22)23/h3-5,12H,2,6-8H2,1H3. The van der Waals surface area contributed by atoms with Crippen LogP contribution in [0.5, 0.6) is 0 Å². The van der Waals surface area contributed by atoms with E-state index >= 15 is 0 Å². The Balaban J connectivity index is 2.10. The number of hydrogen-bond donors (Lipinski definition) is 0. The maximum absolute atomic E-state index is 13.1. The summed E-state index contributed by atoms with van der Waals surface area (Å²) in [5, 5.41) is 0. The average molecular weight is 508 g/mol. The number of halogens is 7. The van der Waals surface area contributed by atoms with E-state index in [1.807, 2.05) is 22.6 Å². The van der Waals surface area contributed by atoms with Gasteiger partial charge in [0.1, 0.15) is 5.41 Å². The maximum atomic E-state index is 13.1. The number of hydrogen-bond acceptors (Lipinski definition) is 3. The number of rotatable bonds is 4. The lowest BCUT2D eigenvalue weighted by Gasteiger charge is -2.42. The molecule has 1 aliphatic carbocycles. The Bertz CT molecular complexity index is 720. The minimum Gasteiger partial charge on any atom is -0.465 e. The molecule has 1 saturated carbocycles. The van der Waals surface area contributed by atoms with E-state index in [0.717, 1.165) is 0 Å². The van der Waals surface area contributed by atoms with Gasteiger partial charge in [0.05, 0.1) is 29.4 Å². The zero-order valence-corrected chi connectivity index (χ0v) is 16.2. The first-order valence-electron chi connectivity index (χ1n) is 8.07. The van der Waals surface area contributed by atoms with Gasteiger partial charge in [0.2, 0.25) is 0 Å². The van der Waals surface area contributed by atoms with Crippen LogP contribution < -0.4 is 0 Å². The summed E-state index contributed by atoms with van der Waals surface area (Å²) in [5.74, 6) is -0.654. The Morgan fingerprint density at radius 1 is 1.15 bits per heavy atom. The number of alkyl halides is 7. The molecule has 4 rings (SSSR count). The van der Waals surface area contributed by atoms with Crippen LogP contribution in [-0.2, 0) is 26.6 Å². The van der Waals surface area contributed by atoms with E-state index in [1.165, 1.54) is 0 Å². The fourth-order valence-corrected chi connectivity index (χ4v) is 4.62. The van der Waals surface area contributed by atoms with E-state index < -0.39 is 46.6 Å². The van der Waals surface area contributed by atoms with Crippen molar-refractivity contribution in [2.45, 2.75) is 43.8 Å². The van der Waals surface area contributed by atoms with Crippen molar-refractivity contribution in [1.29, 1.82) is 0 Å². The van der Waals surface area contributed by atoms with Gasteiger partial charge in [-0.15, -0.1) is 0 Å². The number of carbonyl (C=O) groups is 1. The molecule has 27 heavy (non-hydrogen) atoms. The second-order valence-corrected chi connectivity index (χ2v) is 7.65. The van der Waals surface area contributed by atoms with Crippen LogP contribution in [0, 0.1) is 5.41 Å². The van der Waals surface area contributed by atoms with Crippen molar-refractivity contribution in [3.63, 3.8) is 0 Å². The largest absolute Gasteiger partial charge is 0.465 e. The highest BCUT2D eigenvalue weighted by Gasteiger charge is 2.72. The van der Waals surface area contributed by atoms with Crippen LogP contribution in [-0.4, -0.2) is 22.6 Å². The van der Waals surface area contributed by atoms with E-state index in [9.17, 15) is 31.1 Å². The summed E-state index contributed by atoms with van der Waals surface area (Å²) in [4.78, 5) is 12.5. The topological polar surface area (TPSA) is 35.5 Å². The molecule has 2 aliphatic heterocycles. The summed E-state index contributed by atoms with van der Waals surface area (Å²) in [6, 6.07) is 1.32. The molecule has 3 aliphatic rings. The van der Waals surface area contributed by atoms with Crippen molar-refractivity contribution in [3.05, 3.63) is 34.9 Å². The first kappa shape index (κ1) is 20.7. The zero-order chi connectivity index (χ0) is 20.3. The summed E-state index contributed by atoms with van der Waals surface area (Å²) < 4.78 is 90.2. The summed E-state index contributed by atoms with van der Waals surface area (Å²) in [6.45, 7) is 1.64. The average Bonchev–Trinajstić information content (AvgIpc) is 3.05. The van der Waals surface area contributed by atoms with Crippen molar-refractivity contribution >= 4 is 28.6 Å². The van der Waals surface area contributed by atoms with Crippen molar-refractivity contribution in [2.24, 2.45) is 5.41 Å². The third kappa shape index (κ3) is 3.43. The van der Waals surface area contributed by atoms with Crippen LogP contribution in [0.3, 0.4) is 0 Å². The number of esters is 1. The van der Waals surface area contributed by atoms with E-state index in [4.69, 9.17) is 9.47 Å². The second-order valence-electron chi connectivity index (χ2n) is 6.88. The molecule has 2 bridgehead atoms. The molecular weight excluding hydrogens is 493 g/mol. The van der Waals surface area contributed by atoms with Crippen LogP contribution in [0.1, 0.15) is 42.6 Å². The van der Waals surface area contributed by atoms with Crippen LogP contribution >= 0.6 is 22.6 Å². The molecule has 150 valence electrons. The monoisotopic (exact) mass is 508 g/mol. The van der Waals surface area contributed by atoms with Crippen LogP contribution in [0.4, 0.5) is 26.3 Å². The van der Waals surface area contributed by atoms with Gasteiger partial charge in [-0.1, -0.05) is 22.6 Å². The van der Waals surface area contributed by atoms with Crippen LogP contribution in [0.2, 0.25) is 0 Å². The van der Waals surface area contributed by atoms with E-state index in [1.54, 1.807) is 6.92 Å². The molecule has 1 unspecified atom stereocenters. The second kappa shape index (κ2) is 6.50. The first-order valence-corrected chi connectivity index (χ1v) is 9.60. The molecule has 0 N–H and O–H groups in total. The molecule has 3 nitrogen and oxygen atoms in total. The van der Waals surface area contributed by atoms with Gasteiger partial charge in [0.25, 0.3) is 0 Å². The molecule has 2 saturated heterocycles. The highest BCUT2D eigenvalue weighted by Crippen LogP contribution is 2.68. The number of ether oxygens (including phenoxy) is 2. The molecule has 1 aromatic carbocycles. The number of fused-ring (bicyclic) bond motifs is 1. The van der Waals surface area contributed by atoms with Crippen molar-refractivity contribution in [3.8, 4) is 0 Å². The summed E-state index contributed by atoms with van der Waals surface area (Å²) in [5.41, 5.74) is -5.15. The lowest BCUT2D eigenvalue weighted by molar-refractivity contribution is -0.161. The third-order valence-electron chi connectivity index (χ3n) is 4.98. The van der Waals surface area contributed by atoms with Gasteiger partial charge >= 0.3 is 18.3 Å². The normalized spacial score (nSPS) is 30.1. The fourth-order valence-electron chi connectivity index (χ4n) is 3.90. The molecule has 3 fully saturated rings. The summed E-state index contributed by atoms with van der Waals surface area (Å²) >= 11 is 2.03. The molecule has 0 aromatic heterocycles. The summed E-state index contributed by atoms with van der Waals surface area (Å²) in [7, 11) is 0. The van der Waals surface area contributed by atoms with Gasteiger partial charge in [-0.3, -0.25) is 4.79 Å². The predicted octanol–water partition coefficient (Wildman–Crippen LogP) is 5.31. The summed E-state index contributed by atoms with van der Waals surface area (Å²) in [6.07, 6.45) is -10.7. The van der Waals surface area contributed by atoms with E-state index in [0.29, 0.717) is 16.6 Å². The lowest BCUT2D eigenvalue weighted by atomic mass is 9.59. The Hall–Kier alpha value is -1.04. The highest BCUT2D eigenvalue weighted by molar-refractivity contribution is 14.1. The first-order chi connectivity index (χ1) is 12.4. The zero-order valence-electron chi connectivity index (χ0n) is 14.0. The molecule has 0 spiro atoms. The number of benzene rings is 1. The molecular formula is C17H15F6IO3. The van der Waals surface area contributed by atoms with E-state index in [-0.39, 0.29) is 31.1 Å². The molecule has 10 heteroatoms. The third-order valence-corrected chi connectivity index (χ3v) is 6.37. The predicted molar refractivity (Wildman–Crippen MR) is 90.2 cm³/mol. The molecule has 1 aromatic rings. The SMILES string of the molecule is CCOC(=O)C12CC(CI)(C1)OC2c1cc(C(F)(F)F)cc(C(F)(F)F)c1. The smallest absolute Gasteiger partial charge is 0.416 e. The molecule has 2 heterocycles. The van der Waals surface area contributed by atoms with Crippen molar-refractivity contribution in [2.75, 3.05) is 11.0 Å². The van der Waals surface area contributed by atoms with E-state index in [2.05, 4.69) is 0 Å². The quantitative estimate of drug-likeness (QED) is 0.240. The lowest BCUT2D eigenvalue weighted by Crippen LogP contribution is -2.50. The number of carbonyl (C=O) groups excluding carboxylic acids is 1. The highest BCUT2D eigenvalue weighted by atomic mass is 127. The minimum absolute atomic E-state index is 0.0565. The Labute approximate surface area is 164 Å². The van der Waals surface area contributed by atoms with Crippen LogP contribution in [0.25, 0.3) is 0 Å². The molecule has 0 radical (unpaired) electrons. The minimum atomic E-state index is -4.96. The molecule has 1 atom stereocenters. The van der Waals surface area contributed by atoms with Gasteiger partial charge in [-0.25, -0.2) is 0 Å². The Kier molecular flexibility index (Phi) is 4.98.